The summed E-state index contributed by atoms with van der Waals surface area (Å²) in [6.45, 7) is 3.80. The lowest BCUT2D eigenvalue weighted by Gasteiger charge is -2.26. The molecule has 0 unspecified atom stereocenters. The predicted octanol–water partition coefficient (Wildman–Crippen LogP) is 1.33. The van der Waals surface area contributed by atoms with E-state index in [0.29, 0.717) is 24.3 Å². The fraction of sp³-hybridized carbons (Fsp3) is 0.364. The highest BCUT2D eigenvalue weighted by Crippen LogP contribution is 2.25. The van der Waals surface area contributed by atoms with E-state index < -0.39 is 0 Å². The maximum Gasteiger partial charge on any atom is 0.223 e. The van der Waals surface area contributed by atoms with Crippen molar-refractivity contribution < 1.29 is 9.59 Å². The maximum absolute atomic E-state index is 11.6. The van der Waals surface area contributed by atoms with Crippen LogP contribution in [0.5, 0.6) is 0 Å². The monoisotopic (exact) mass is 204 g/mol. The highest BCUT2D eigenvalue weighted by molar-refractivity contribution is 6.06. The van der Waals surface area contributed by atoms with Crippen LogP contribution in [0.15, 0.2) is 12.1 Å². The second kappa shape index (κ2) is 3.46. The third-order valence-corrected chi connectivity index (χ3v) is 2.51. The van der Waals surface area contributed by atoms with Crippen molar-refractivity contribution in [1.82, 2.24) is 4.98 Å². The van der Waals surface area contributed by atoms with E-state index >= 15 is 0 Å². The van der Waals surface area contributed by atoms with Gasteiger partial charge < -0.3 is 4.90 Å². The zero-order chi connectivity index (χ0) is 11.0. The topological polar surface area (TPSA) is 50.3 Å². The van der Waals surface area contributed by atoms with Crippen LogP contribution < -0.4 is 4.90 Å². The average Bonchev–Trinajstić information content (AvgIpc) is 2.19. The molecule has 2 heterocycles. The van der Waals surface area contributed by atoms with Crippen LogP contribution in [-0.4, -0.2) is 23.2 Å². The van der Waals surface area contributed by atoms with Crippen LogP contribution >= 0.6 is 0 Å². The third kappa shape index (κ3) is 1.63. The van der Waals surface area contributed by atoms with Crippen molar-refractivity contribution in [2.75, 3.05) is 11.4 Å². The summed E-state index contributed by atoms with van der Waals surface area (Å²) in [5, 5.41) is 0. The Kier molecular flexibility index (Phi) is 2.26. The molecule has 0 radical (unpaired) electrons. The Balaban J connectivity index is 2.55. The van der Waals surface area contributed by atoms with Gasteiger partial charge in [0, 0.05) is 25.6 Å². The number of pyridine rings is 1. The molecule has 1 aromatic heterocycles. The van der Waals surface area contributed by atoms with Crippen molar-refractivity contribution >= 4 is 17.4 Å². The molecule has 0 bridgehead atoms. The molecular weight excluding hydrogens is 192 g/mol. The molecule has 4 heteroatoms. The summed E-state index contributed by atoms with van der Waals surface area (Å²) in [6, 6.07) is 3.60. The Morgan fingerprint density at radius 1 is 1.47 bits per heavy atom. The normalized spacial score (nSPS) is 15.1. The summed E-state index contributed by atoms with van der Waals surface area (Å²) < 4.78 is 0. The minimum Gasteiger partial charge on any atom is -0.310 e. The van der Waals surface area contributed by atoms with Crippen LogP contribution in [0.3, 0.4) is 0 Å². The number of aromatic nitrogens is 1. The Morgan fingerprint density at radius 2 is 2.20 bits per heavy atom. The number of hydrogen-bond donors (Lipinski definition) is 0. The number of carbonyl (C=O) groups excluding carboxylic acids is 2. The summed E-state index contributed by atoms with van der Waals surface area (Å²) in [7, 11) is 0. The highest BCUT2D eigenvalue weighted by atomic mass is 16.2. The van der Waals surface area contributed by atoms with Crippen LogP contribution in [0.4, 0.5) is 5.69 Å². The minimum absolute atomic E-state index is 0.0196. The van der Waals surface area contributed by atoms with Crippen LogP contribution in [0.1, 0.15) is 29.5 Å². The first kappa shape index (κ1) is 9.83. The van der Waals surface area contributed by atoms with E-state index in [1.165, 1.54) is 6.92 Å². The number of nitrogens with zero attached hydrogens (tertiary/aromatic N) is 2. The Hall–Kier alpha value is -1.71. The Morgan fingerprint density at radius 3 is 2.87 bits per heavy atom. The van der Waals surface area contributed by atoms with E-state index in [1.807, 2.05) is 13.0 Å². The zero-order valence-corrected chi connectivity index (χ0v) is 8.78. The number of Topliss-reactive ketones (excluding diaryl/α,β-unsaturated/α-hetero) is 1. The van der Waals surface area contributed by atoms with E-state index in [-0.39, 0.29) is 11.7 Å². The van der Waals surface area contributed by atoms with Crippen molar-refractivity contribution in [3.63, 3.8) is 0 Å². The predicted molar refractivity (Wildman–Crippen MR) is 55.9 cm³/mol. The molecule has 1 aromatic rings. The lowest BCUT2D eigenvalue weighted by molar-refractivity contribution is -0.116. The van der Waals surface area contributed by atoms with Gasteiger partial charge in [0.15, 0.2) is 5.78 Å². The Bertz CT molecular complexity index is 440. The van der Waals surface area contributed by atoms with Crippen molar-refractivity contribution in [3.8, 4) is 0 Å². The van der Waals surface area contributed by atoms with Gasteiger partial charge in [-0.1, -0.05) is 0 Å². The van der Waals surface area contributed by atoms with Gasteiger partial charge in [-0.05, 0) is 19.1 Å². The molecule has 0 aliphatic carbocycles. The van der Waals surface area contributed by atoms with Crippen LogP contribution in [0.25, 0.3) is 0 Å². The second-order valence-corrected chi connectivity index (χ2v) is 3.66. The zero-order valence-electron chi connectivity index (χ0n) is 8.78. The molecule has 1 aliphatic rings. The number of rotatable bonds is 0. The summed E-state index contributed by atoms with van der Waals surface area (Å²) in [5.41, 5.74) is 1.87. The smallest absolute Gasteiger partial charge is 0.223 e. The van der Waals surface area contributed by atoms with E-state index in [4.69, 9.17) is 0 Å². The highest BCUT2D eigenvalue weighted by Gasteiger charge is 2.26. The van der Waals surface area contributed by atoms with Gasteiger partial charge >= 0.3 is 0 Å². The summed E-state index contributed by atoms with van der Waals surface area (Å²) in [6.07, 6.45) is 0.364. The number of amides is 1. The first-order valence-corrected chi connectivity index (χ1v) is 4.88. The van der Waals surface area contributed by atoms with Gasteiger partial charge in [-0.25, -0.2) is 4.98 Å². The Labute approximate surface area is 87.9 Å². The number of hydrogen-bond acceptors (Lipinski definition) is 3. The summed E-state index contributed by atoms with van der Waals surface area (Å²) in [5.74, 6) is -0.0272. The number of ketones is 1. The van der Waals surface area contributed by atoms with Crippen LogP contribution in [0.2, 0.25) is 0 Å². The lowest BCUT2D eigenvalue weighted by Crippen LogP contribution is -2.36. The molecule has 15 heavy (non-hydrogen) atoms. The lowest BCUT2D eigenvalue weighted by atomic mass is 10.1. The molecule has 0 spiro atoms. The standard InChI is InChI=1S/C11H12N2O2/c1-7-3-4-9-11(12-7)10(15)5-6-13(9)8(2)14/h3-4H,5-6H2,1-2H3. The van der Waals surface area contributed by atoms with Crippen molar-refractivity contribution in [1.29, 1.82) is 0 Å². The van der Waals surface area contributed by atoms with Gasteiger partial charge in [0.2, 0.25) is 5.91 Å². The molecular formula is C11H12N2O2. The van der Waals surface area contributed by atoms with Crippen molar-refractivity contribution in [2.24, 2.45) is 0 Å². The van der Waals surface area contributed by atoms with E-state index in [1.54, 1.807) is 11.0 Å². The number of aryl methyl sites for hydroxylation is 1. The first-order chi connectivity index (χ1) is 7.09. The molecule has 0 aromatic carbocycles. The van der Waals surface area contributed by atoms with Gasteiger partial charge in [0.25, 0.3) is 0 Å². The fourth-order valence-corrected chi connectivity index (χ4v) is 1.75. The van der Waals surface area contributed by atoms with E-state index in [0.717, 1.165) is 5.69 Å². The van der Waals surface area contributed by atoms with Gasteiger partial charge in [-0.15, -0.1) is 0 Å². The molecule has 0 fully saturated rings. The van der Waals surface area contributed by atoms with Crippen LogP contribution in [-0.2, 0) is 4.79 Å². The molecule has 1 amide bonds. The number of fused-ring (bicyclic) bond motifs is 1. The molecule has 0 saturated heterocycles. The molecule has 78 valence electrons. The summed E-state index contributed by atoms with van der Waals surface area (Å²) in [4.78, 5) is 28.7. The van der Waals surface area contributed by atoms with Gasteiger partial charge in [-0.2, -0.15) is 0 Å². The van der Waals surface area contributed by atoms with E-state index in [2.05, 4.69) is 4.98 Å². The third-order valence-electron chi connectivity index (χ3n) is 2.51. The average molecular weight is 204 g/mol. The quantitative estimate of drug-likeness (QED) is 0.640. The molecule has 0 saturated carbocycles. The van der Waals surface area contributed by atoms with Crippen molar-refractivity contribution in [3.05, 3.63) is 23.5 Å². The summed E-state index contributed by atoms with van der Waals surface area (Å²) >= 11 is 0. The molecule has 1 aliphatic heterocycles. The van der Waals surface area contributed by atoms with E-state index in [9.17, 15) is 9.59 Å². The fourth-order valence-electron chi connectivity index (χ4n) is 1.75. The minimum atomic E-state index is -0.0468. The maximum atomic E-state index is 11.6. The molecule has 0 N–H and O–H groups in total. The molecule has 4 nitrogen and oxygen atoms in total. The van der Waals surface area contributed by atoms with Crippen molar-refractivity contribution in [2.45, 2.75) is 20.3 Å². The largest absolute Gasteiger partial charge is 0.310 e. The second-order valence-electron chi connectivity index (χ2n) is 3.66. The first-order valence-electron chi connectivity index (χ1n) is 4.88. The number of carbonyl (C=O) groups is 2. The SMILES string of the molecule is CC(=O)N1CCC(=O)c2nc(C)ccc21. The molecule has 2 rings (SSSR count). The molecule has 0 atom stereocenters. The van der Waals surface area contributed by atoms with Gasteiger partial charge in [0.05, 0.1) is 5.69 Å². The van der Waals surface area contributed by atoms with Gasteiger partial charge in [-0.3, -0.25) is 9.59 Å². The van der Waals surface area contributed by atoms with Crippen LogP contribution in [0, 0.1) is 6.92 Å². The van der Waals surface area contributed by atoms with Gasteiger partial charge in [0.1, 0.15) is 5.69 Å². The number of anilines is 1.